The van der Waals surface area contributed by atoms with Crippen molar-refractivity contribution < 1.29 is 18.0 Å². The van der Waals surface area contributed by atoms with Gasteiger partial charge in [0, 0.05) is 12.5 Å². The zero-order valence-corrected chi connectivity index (χ0v) is 9.76. The summed E-state index contributed by atoms with van der Waals surface area (Å²) in [5.74, 6) is 1.04. The van der Waals surface area contributed by atoms with Gasteiger partial charge in [-0.2, -0.15) is 4.98 Å². The average molecular weight is 259 g/mol. The molecule has 0 radical (unpaired) electrons. The maximum atomic E-state index is 11.8. The summed E-state index contributed by atoms with van der Waals surface area (Å²) in [6.45, 7) is -0.408. The average Bonchev–Trinajstić information content (AvgIpc) is 2.93. The Balaban J connectivity index is 1.78. The quantitative estimate of drug-likeness (QED) is 0.615. The van der Waals surface area contributed by atoms with Gasteiger partial charge < -0.3 is 15.0 Å². The Morgan fingerprint density at radius 3 is 3.00 bits per heavy atom. The molecular weight excluding hydrogens is 244 g/mol. The summed E-state index contributed by atoms with van der Waals surface area (Å²) < 4.78 is 33.5. The maximum Gasteiger partial charge on any atom is 0.261 e. The van der Waals surface area contributed by atoms with Gasteiger partial charge in [-0.3, -0.25) is 0 Å². The van der Waals surface area contributed by atoms with Crippen LogP contribution in [-0.4, -0.2) is 35.8 Å². The Bertz CT molecular complexity index is 409. The van der Waals surface area contributed by atoms with Crippen LogP contribution in [0.15, 0.2) is 16.7 Å². The molecule has 18 heavy (non-hydrogen) atoms. The van der Waals surface area contributed by atoms with E-state index in [1.807, 2.05) is 12.2 Å². The highest BCUT2D eigenvalue weighted by atomic mass is 19.3. The standard InChI is InChI=1S/C11H15F2N3O2/c12-9(13)6-17-4-3-10-15-11(18-16-10)7-1-2-8(14)5-7/h1-2,7-9H,3-6,14H2. The summed E-state index contributed by atoms with van der Waals surface area (Å²) in [6, 6.07) is 0.0275. The second-order valence-corrected chi connectivity index (χ2v) is 4.16. The topological polar surface area (TPSA) is 74.2 Å². The highest BCUT2D eigenvalue weighted by molar-refractivity contribution is 5.15. The lowest BCUT2D eigenvalue weighted by atomic mass is 10.1. The van der Waals surface area contributed by atoms with Crippen molar-refractivity contribution in [3.8, 4) is 0 Å². The molecule has 2 atom stereocenters. The molecule has 0 spiro atoms. The van der Waals surface area contributed by atoms with Crippen LogP contribution in [0, 0.1) is 0 Å². The van der Waals surface area contributed by atoms with Crippen molar-refractivity contribution in [2.24, 2.45) is 5.73 Å². The first kappa shape index (κ1) is 13.1. The van der Waals surface area contributed by atoms with Crippen LogP contribution < -0.4 is 5.73 Å². The zero-order chi connectivity index (χ0) is 13.0. The van der Waals surface area contributed by atoms with Crippen molar-refractivity contribution in [3.63, 3.8) is 0 Å². The molecule has 7 heteroatoms. The number of hydrogen-bond acceptors (Lipinski definition) is 5. The summed E-state index contributed by atoms with van der Waals surface area (Å²) >= 11 is 0. The lowest BCUT2D eigenvalue weighted by molar-refractivity contribution is 0.0182. The summed E-state index contributed by atoms with van der Waals surface area (Å²) in [5.41, 5.74) is 5.73. The molecule has 0 aliphatic heterocycles. The first-order chi connectivity index (χ1) is 8.65. The van der Waals surface area contributed by atoms with Gasteiger partial charge in [0.05, 0.1) is 12.5 Å². The lowest BCUT2D eigenvalue weighted by Gasteiger charge is -2.02. The van der Waals surface area contributed by atoms with Gasteiger partial charge in [0.1, 0.15) is 6.61 Å². The molecule has 1 aliphatic rings. The van der Waals surface area contributed by atoms with Gasteiger partial charge >= 0.3 is 0 Å². The highest BCUT2D eigenvalue weighted by Gasteiger charge is 2.22. The Morgan fingerprint density at radius 2 is 2.33 bits per heavy atom. The summed E-state index contributed by atoms with van der Waals surface area (Å²) in [4.78, 5) is 4.19. The molecule has 2 N–H and O–H groups in total. The minimum atomic E-state index is -2.45. The molecule has 2 rings (SSSR count). The van der Waals surface area contributed by atoms with E-state index in [0.717, 1.165) is 6.42 Å². The Kier molecular flexibility index (Phi) is 4.38. The van der Waals surface area contributed by atoms with Crippen LogP contribution >= 0.6 is 0 Å². The van der Waals surface area contributed by atoms with E-state index >= 15 is 0 Å². The van der Waals surface area contributed by atoms with Crippen molar-refractivity contribution in [2.45, 2.75) is 31.2 Å². The van der Waals surface area contributed by atoms with Crippen LogP contribution in [0.5, 0.6) is 0 Å². The van der Waals surface area contributed by atoms with Crippen LogP contribution in [0.3, 0.4) is 0 Å². The van der Waals surface area contributed by atoms with Gasteiger partial charge in [0.25, 0.3) is 6.43 Å². The highest BCUT2D eigenvalue weighted by Crippen LogP contribution is 2.26. The number of alkyl halides is 2. The van der Waals surface area contributed by atoms with E-state index in [0.29, 0.717) is 18.1 Å². The van der Waals surface area contributed by atoms with Gasteiger partial charge in [0.2, 0.25) is 5.89 Å². The smallest absolute Gasteiger partial charge is 0.261 e. The predicted octanol–water partition coefficient (Wildman–Crippen LogP) is 1.26. The number of nitrogens with two attached hydrogens (primary N) is 1. The minimum Gasteiger partial charge on any atom is -0.375 e. The fourth-order valence-electron chi connectivity index (χ4n) is 1.77. The molecule has 0 bridgehead atoms. The molecule has 0 saturated heterocycles. The van der Waals surface area contributed by atoms with Crippen molar-refractivity contribution in [3.05, 3.63) is 23.9 Å². The number of rotatable bonds is 6. The number of hydrogen-bond donors (Lipinski definition) is 1. The van der Waals surface area contributed by atoms with Crippen molar-refractivity contribution in [1.29, 1.82) is 0 Å². The first-order valence-corrected chi connectivity index (χ1v) is 5.77. The predicted molar refractivity (Wildman–Crippen MR) is 59.3 cm³/mol. The molecule has 2 unspecified atom stereocenters. The monoisotopic (exact) mass is 259 g/mol. The van der Waals surface area contributed by atoms with E-state index < -0.39 is 13.0 Å². The molecule has 1 aromatic rings. The number of ether oxygens (including phenoxy) is 1. The third-order valence-electron chi connectivity index (χ3n) is 2.63. The number of allylic oxidation sites excluding steroid dienone is 1. The maximum absolute atomic E-state index is 11.8. The van der Waals surface area contributed by atoms with Gasteiger partial charge in [0.15, 0.2) is 5.82 Å². The van der Waals surface area contributed by atoms with E-state index in [2.05, 4.69) is 10.1 Å². The van der Waals surface area contributed by atoms with E-state index in [1.54, 1.807) is 0 Å². The van der Waals surface area contributed by atoms with E-state index in [4.69, 9.17) is 15.0 Å². The number of halogens is 2. The molecule has 0 aromatic carbocycles. The number of aromatic nitrogens is 2. The van der Waals surface area contributed by atoms with Gasteiger partial charge in [-0.1, -0.05) is 17.3 Å². The zero-order valence-electron chi connectivity index (χ0n) is 9.76. The Morgan fingerprint density at radius 1 is 1.50 bits per heavy atom. The van der Waals surface area contributed by atoms with Crippen LogP contribution in [0.2, 0.25) is 0 Å². The first-order valence-electron chi connectivity index (χ1n) is 5.77. The molecule has 0 amide bonds. The van der Waals surface area contributed by atoms with Crippen molar-refractivity contribution in [2.75, 3.05) is 13.2 Å². The molecule has 0 saturated carbocycles. The molecule has 1 heterocycles. The van der Waals surface area contributed by atoms with Gasteiger partial charge in [-0.25, -0.2) is 8.78 Å². The molecule has 100 valence electrons. The third-order valence-corrected chi connectivity index (χ3v) is 2.63. The second kappa shape index (κ2) is 6.01. The summed E-state index contributed by atoms with van der Waals surface area (Å²) in [5, 5.41) is 3.77. The minimum absolute atomic E-state index is 0.0275. The van der Waals surface area contributed by atoms with E-state index in [9.17, 15) is 8.78 Å². The summed E-state index contributed by atoms with van der Waals surface area (Å²) in [6.07, 6.45) is 2.51. The molecule has 1 aliphatic carbocycles. The van der Waals surface area contributed by atoms with Crippen LogP contribution in [0.1, 0.15) is 24.1 Å². The van der Waals surface area contributed by atoms with Crippen molar-refractivity contribution in [1.82, 2.24) is 10.1 Å². The lowest BCUT2D eigenvalue weighted by Crippen LogP contribution is -2.14. The normalized spacial score (nSPS) is 23.1. The molecule has 5 nitrogen and oxygen atoms in total. The number of nitrogens with zero attached hydrogens (tertiary/aromatic N) is 2. The fraction of sp³-hybridized carbons (Fsp3) is 0.636. The van der Waals surface area contributed by atoms with Crippen LogP contribution in [0.25, 0.3) is 0 Å². The van der Waals surface area contributed by atoms with Crippen LogP contribution in [0.4, 0.5) is 8.78 Å². The summed E-state index contributed by atoms with van der Waals surface area (Å²) in [7, 11) is 0. The largest absolute Gasteiger partial charge is 0.375 e. The second-order valence-electron chi connectivity index (χ2n) is 4.16. The van der Waals surface area contributed by atoms with Gasteiger partial charge in [-0.05, 0) is 6.42 Å². The van der Waals surface area contributed by atoms with E-state index in [-0.39, 0.29) is 18.6 Å². The van der Waals surface area contributed by atoms with E-state index in [1.165, 1.54) is 0 Å². The van der Waals surface area contributed by atoms with Gasteiger partial charge in [-0.15, -0.1) is 0 Å². The SMILES string of the molecule is NC1C=CC(c2nc(CCOCC(F)F)no2)C1. The Hall–Kier alpha value is -1.34. The molecule has 0 fully saturated rings. The third kappa shape index (κ3) is 3.58. The molecular formula is C11H15F2N3O2. The van der Waals surface area contributed by atoms with Crippen molar-refractivity contribution >= 4 is 0 Å². The fourth-order valence-corrected chi connectivity index (χ4v) is 1.77. The molecule has 1 aromatic heterocycles. The van der Waals surface area contributed by atoms with Crippen LogP contribution in [-0.2, 0) is 11.2 Å². The Labute approximate surface area is 103 Å².